The molecule has 33 heavy (non-hydrogen) atoms. The molecular formula is C25H25N3O4S. The van der Waals surface area contributed by atoms with Crippen molar-refractivity contribution in [1.29, 1.82) is 0 Å². The molecule has 2 fully saturated rings. The standard InChI is InChI=1S/C25H25N3O4S/c1-17(29)18-8-10-20(11-9-18)33(31,32)28-14-12-27(13-15-28)25(30)22-16-24(19-6-7-19)26-23-5-3-2-4-21(22)23/h2-5,8-11,16,19H,6-7,12-15H2,1H3. The summed E-state index contributed by atoms with van der Waals surface area (Å²) in [5.74, 6) is 0.232. The van der Waals surface area contributed by atoms with E-state index in [1.165, 1.54) is 35.5 Å². The normalized spacial score (nSPS) is 17.3. The zero-order valence-corrected chi connectivity index (χ0v) is 19.2. The summed E-state index contributed by atoms with van der Waals surface area (Å²) in [6.07, 6.45) is 2.20. The predicted molar refractivity (Wildman–Crippen MR) is 125 cm³/mol. The summed E-state index contributed by atoms with van der Waals surface area (Å²) >= 11 is 0. The van der Waals surface area contributed by atoms with Crippen molar-refractivity contribution in [3.8, 4) is 0 Å². The van der Waals surface area contributed by atoms with E-state index >= 15 is 0 Å². The third-order valence-corrected chi connectivity index (χ3v) is 8.30. The Morgan fingerprint density at radius 2 is 1.61 bits per heavy atom. The number of sulfonamides is 1. The van der Waals surface area contributed by atoms with Crippen molar-refractivity contribution in [1.82, 2.24) is 14.2 Å². The number of amides is 1. The highest BCUT2D eigenvalue weighted by molar-refractivity contribution is 7.89. The molecule has 8 heteroatoms. The van der Waals surface area contributed by atoms with Crippen LogP contribution in [0.15, 0.2) is 59.5 Å². The Bertz CT molecular complexity index is 1340. The van der Waals surface area contributed by atoms with E-state index in [0.717, 1.165) is 29.4 Å². The van der Waals surface area contributed by atoms with Crippen LogP contribution >= 0.6 is 0 Å². The van der Waals surface area contributed by atoms with Crippen molar-refractivity contribution < 1.29 is 18.0 Å². The number of ketones is 1. The number of piperazine rings is 1. The molecule has 2 aliphatic rings. The number of benzene rings is 2. The van der Waals surface area contributed by atoms with Crippen molar-refractivity contribution in [2.75, 3.05) is 26.2 Å². The van der Waals surface area contributed by atoms with Gasteiger partial charge >= 0.3 is 0 Å². The fourth-order valence-corrected chi connectivity index (χ4v) is 5.70. The zero-order chi connectivity index (χ0) is 23.2. The van der Waals surface area contributed by atoms with E-state index in [1.807, 2.05) is 30.3 Å². The molecular weight excluding hydrogens is 438 g/mol. The highest BCUT2D eigenvalue weighted by Gasteiger charge is 2.32. The summed E-state index contributed by atoms with van der Waals surface area (Å²) in [5.41, 5.74) is 2.89. The summed E-state index contributed by atoms with van der Waals surface area (Å²) in [4.78, 5) is 31.5. The molecule has 0 radical (unpaired) electrons. The van der Waals surface area contributed by atoms with E-state index in [1.54, 1.807) is 4.90 Å². The van der Waals surface area contributed by atoms with Crippen LogP contribution in [0.2, 0.25) is 0 Å². The van der Waals surface area contributed by atoms with E-state index < -0.39 is 10.0 Å². The number of carbonyl (C=O) groups excluding carboxylic acids is 2. The fourth-order valence-electron chi connectivity index (χ4n) is 4.27. The number of aromatic nitrogens is 1. The molecule has 2 aromatic carbocycles. The minimum Gasteiger partial charge on any atom is -0.336 e. The summed E-state index contributed by atoms with van der Waals surface area (Å²) in [7, 11) is -3.69. The SMILES string of the molecule is CC(=O)c1ccc(S(=O)(=O)N2CCN(C(=O)c3cc(C4CC4)nc4ccccc34)CC2)cc1. The maximum absolute atomic E-state index is 13.4. The summed E-state index contributed by atoms with van der Waals surface area (Å²) in [6, 6.07) is 15.6. The largest absolute Gasteiger partial charge is 0.336 e. The number of pyridine rings is 1. The van der Waals surface area contributed by atoms with Crippen LogP contribution in [0.3, 0.4) is 0 Å². The second-order valence-corrected chi connectivity index (χ2v) is 10.6. The molecule has 1 amide bonds. The van der Waals surface area contributed by atoms with Gasteiger partial charge in [0.2, 0.25) is 10.0 Å². The molecule has 1 aliphatic carbocycles. The van der Waals surface area contributed by atoms with Crippen molar-refractivity contribution in [2.45, 2.75) is 30.6 Å². The molecule has 170 valence electrons. The van der Waals surface area contributed by atoms with Gasteiger partial charge < -0.3 is 4.90 Å². The molecule has 0 unspecified atom stereocenters. The molecule has 7 nitrogen and oxygen atoms in total. The number of hydrogen-bond donors (Lipinski definition) is 0. The Labute approximate surface area is 193 Å². The first-order chi connectivity index (χ1) is 15.8. The molecule has 0 spiro atoms. The molecule has 1 saturated heterocycles. The Balaban J connectivity index is 1.34. The first-order valence-electron chi connectivity index (χ1n) is 11.1. The Morgan fingerprint density at radius 1 is 0.939 bits per heavy atom. The molecule has 1 aromatic heterocycles. The average molecular weight is 464 g/mol. The second kappa shape index (κ2) is 8.35. The van der Waals surface area contributed by atoms with Gasteiger partial charge in [0.1, 0.15) is 0 Å². The van der Waals surface area contributed by atoms with Gasteiger partial charge in [0.15, 0.2) is 5.78 Å². The summed E-state index contributed by atoms with van der Waals surface area (Å²) in [6.45, 7) is 2.53. The lowest BCUT2D eigenvalue weighted by atomic mass is 10.0. The number of rotatable bonds is 5. The van der Waals surface area contributed by atoms with Gasteiger partial charge in [-0.1, -0.05) is 30.3 Å². The minimum absolute atomic E-state index is 0.0849. The van der Waals surface area contributed by atoms with Gasteiger partial charge in [-0.05, 0) is 44.0 Å². The Hall–Kier alpha value is -3.10. The quantitative estimate of drug-likeness (QED) is 0.541. The van der Waals surface area contributed by atoms with E-state index in [9.17, 15) is 18.0 Å². The Kier molecular flexibility index (Phi) is 5.50. The van der Waals surface area contributed by atoms with Gasteiger partial charge in [0.25, 0.3) is 5.91 Å². The van der Waals surface area contributed by atoms with E-state index in [4.69, 9.17) is 4.98 Å². The molecule has 1 saturated carbocycles. The number of nitrogens with zero attached hydrogens (tertiary/aromatic N) is 3. The van der Waals surface area contributed by atoms with Gasteiger partial charge in [-0.2, -0.15) is 4.31 Å². The molecule has 1 aliphatic heterocycles. The third kappa shape index (κ3) is 4.16. The van der Waals surface area contributed by atoms with Crippen LogP contribution in [0.5, 0.6) is 0 Å². The van der Waals surface area contributed by atoms with Crippen LogP contribution in [0.25, 0.3) is 10.9 Å². The fraction of sp³-hybridized carbons (Fsp3) is 0.320. The van der Waals surface area contributed by atoms with Crippen LogP contribution in [0, 0.1) is 0 Å². The number of Topliss-reactive ketones (excluding diaryl/α,β-unsaturated/α-hetero) is 1. The van der Waals surface area contributed by atoms with Crippen molar-refractivity contribution in [2.24, 2.45) is 0 Å². The highest BCUT2D eigenvalue weighted by atomic mass is 32.2. The molecule has 2 heterocycles. The smallest absolute Gasteiger partial charge is 0.254 e. The first-order valence-corrected chi connectivity index (χ1v) is 12.6. The maximum atomic E-state index is 13.4. The molecule has 3 aromatic rings. The average Bonchev–Trinajstić information content (AvgIpc) is 3.69. The molecule has 5 rings (SSSR count). The van der Waals surface area contributed by atoms with Gasteiger partial charge in [-0.15, -0.1) is 0 Å². The lowest BCUT2D eigenvalue weighted by molar-refractivity contribution is 0.0699. The lowest BCUT2D eigenvalue weighted by Crippen LogP contribution is -2.50. The summed E-state index contributed by atoms with van der Waals surface area (Å²) in [5, 5.41) is 0.826. The van der Waals surface area contributed by atoms with Crippen molar-refractivity contribution in [3.63, 3.8) is 0 Å². The predicted octanol–water partition coefficient (Wildman–Crippen LogP) is 3.46. The number of carbonyl (C=O) groups is 2. The van der Waals surface area contributed by atoms with Gasteiger partial charge in [0, 0.05) is 48.7 Å². The van der Waals surface area contributed by atoms with E-state index in [0.29, 0.717) is 30.1 Å². The van der Waals surface area contributed by atoms with Crippen LogP contribution < -0.4 is 0 Å². The first kappa shape index (κ1) is 21.7. The van der Waals surface area contributed by atoms with Crippen molar-refractivity contribution in [3.05, 3.63) is 71.4 Å². The third-order valence-electron chi connectivity index (χ3n) is 6.39. The number of hydrogen-bond acceptors (Lipinski definition) is 5. The van der Waals surface area contributed by atoms with Crippen LogP contribution in [-0.4, -0.2) is 60.5 Å². The molecule has 0 N–H and O–H groups in total. The highest BCUT2D eigenvalue weighted by Crippen LogP contribution is 2.40. The topological polar surface area (TPSA) is 87.7 Å². The zero-order valence-electron chi connectivity index (χ0n) is 18.4. The Morgan fingerprint density at radius 3 is 2.24 bits per heavy atom. The monoisotopic (exact) mass is 463 g/mol. The van der Waals surface area contributed by atoms with Gasteiger partial charge in [0.05, 0.1) is 16.0 Å². The van der Waals surface area contributed by atoms with Gasteiger partial charge in [-0.25, -0.2) is 8.42 Å². The van der Waals surface area contributed by atoms with E-state index in [-0.39, 0.29) is 29.7 Å². The van der Waals surface area contributed by atoms with Crippen molar-refractivity contribution >= 4 is 32.6 Å². The van der Waals surface area contributed by atoms with Crippen LogP contribution in [0.1, 0.15) is 52.1 Å². The minimum atomic E-state index is -3.69. The molecule has 0 bridgehead atoms. The summed E-state index contributed by atoms with van der Waals surface area (Å²) < 4.78 is 27.5. The second-order valence-electron chi connectivity index (χ2n) is 8.66. The van der Waals surface area contributed by atoms with Crippen LogP contribution in [0.4, 0.5) is 0 Å². The molecule has 0 atom stereocenters. The van der Waals surface area contributed by atoms with Crippen LogP contribution in [-0.2, 0) is 10.0 Å². The number of fused-ring (bicyclic) bond motifs is 1. The number of para-hydroxylation sites is 1. The maximum Gasteiger partial charge on any atom is 0.254 e. The van der Waals surface area contributed by atoms with E-state index in [2.05, 4.69) is 0 Å². The lowest BCUT2D eigenvalue weighted by Gasteiger charge is -2.34. The van der Waals surface area contributed by atoms with Gasteiger partial charge in [-0.3, -0.25) is 14.6 Å².